The van der Waals surface area contributed by atoms with Gasteiger partial charge in [-0.05, 0) is 12.3 Å². The first-order valence-electron chi connectivity index (χ1n) is 3.38. The summed E-state index contributed by atoms with van der Waals surface area (Å²) in [7, 11) is 0. The average Bonchev–Trinajstić information content (AvgIpc) is 1.80. The van der Waals surface area contributed by atoms with E-state index in [-0.39, 0.29) is 6.61 Å². The summed E-state index contributed by atoms with van der Waals surface area (Å²) in [5.41, 5.74) is 0. The number of aliphatic hydroxyl groups excluding tert-OH is 1. The van der Waals surface area contributed by atoms with Crippen molar-refractivity contribution in [2.45, 2.75) is 20.3 Å². The smallest absolute Gasteiger partial charge is 0.0448 e. The predicted octanol–water partition coefficient (Wildman–Crippen LogP) is 1.10. The standard InChI is InChI=1S/C7H15NO/c1-7(2)6-8-4-3-5-9/h6-7,9H,3-5H2,1-2H3. The van der Waals surface area contributed by atoms with Crippen LogP contribution in [0.2, 0.25) is 0 Å². The topological polar surface area (TPSA) is 32.6 Å². The van der Waals surface area contributed by atoms with E-state index in [1.807, 2.05) is 6.21 Å². The van der Waals surface area contributed by atoms with Crippen molar-refractivity contribution in [3.8, 4) is 0 Å². The molecule has 0 atom stereocenters. The molecular formula is C7H15NO. The number of nitrogens with zero attached hydrogens (tertiary/aromatic N) is 1. The van der Waals surface area contributed by atoms with Crippen LogP contribution in [0.5, 0.6) is 0 Å². The van der Waals surface area contributed by atoms with Gasteiger partial charge in [-0.1, -0.05) is 13.8 Å². The Kier molecular flexibility index (Phi) is 5.52. The number of aliphatic imine (C=N–C) groups is 1. The van der Waals surface area contributed by atoms with E-state index in [0.29, 0.717) is 5.92 Å². The van der Waals surface area contributed by atoms with Gasteiger partial charge in [0.15, 0.2) is 0 Å². The highest BCUT2D eigenvalue weighted by Crippen LogP contribution is 1.85. The van der Waals surface area contributed by atoms with Crippen LogP contribution in [0.4, 0.5) is 0 Å². The largest absolute Gasteiger partial charge is 0.396 e. The lowest BCUT2D eigenvalue weighted by atomic mass is 10.2. The van der Waals surface area contributed by atoms with Crippen LogP contribution >= 0.6 is 0 Å². The van der Waals surface area contributed by atoms with Gasteiger partial charge >= 0.3 is 0 Å². The fourth-order valence-electron chi connectivity index (χ4n) is 0.447. The Morgan fingerprint density at radius 2 is 2.22 bits per heavy atom. The molecule has 2 nitrogen and oxygen atoms in total. The molecule has 9 heavy (non-hydrogen) atoms. The number of rotatable bonds is 4. The summed E-state index contributed by atoms with van der Waals surface area (Å²) < 4.78 is 0. The molecule has 0 unspecified atom stereocenters. The lowest BCUT2D eigenvalue weighted by Crippen LogP contribution is -1.91. The maximum absolute atomic E-state index is 8.36. The van der Waals surface area contributed by atoms with Gasteiger partial charge in [-0.2, -0.15) is 0 Å². The summed E-state index contributed by atoms with van der Waals surface area (Å²) in [5, 5.41) is 8.36. The maximum Gasteiger partial charge on any atom is 0.0448 e. The van der Waals surface area contributed by atoms with Gasteiger partial charge in [-0.15, -0.1) is 0 Å². The molecular weight excluding hydrogens is 114 g/mol. The molecule has 0 amide bonds. The van der Waals surface area contributed by atoms with Gasteiger partial charge < -0.3 is 5.11 Å². The zero-order valence-corrected chi connectivity index (χ0v) is 6.17. The van der Waals surface area contributed by atoms with Crippen LogP contribution in [-0.2, 0) is 0 Å². The van der Waals surface area contributed by atoms with Crippen molar-refractivity contribution in [2.24, 2.45) is 10.9 Å². The van der Waals surface area contributed by atoms with Crippen molar-refractivity contribution in [1.82, 2.24) is 0 Å². The molecule has 0 aromatic heterocycles. The first-order chi connectivity index (χ1) is 4.27. The van der Waals surface area contributed by atoms with E-state index in [0.717, 1.165) is 13.0 Å². The van der Waals surface area contributed by atoms with Gasteiger partial charge in [0, 0.05) is 19.4 Å². The van der Waals surface area contributed by atoms with Crippen LogP contribution in [0.15, 0.2) is 4.99 Å². The van der Waals surface area contributed by atoms with Crippen molar-refractivity contribution < 1.29 is 5.11 Å². The minimum atomic E-state index is 0.245. The van der Waals surface area contributed by atoms with Crippen molar-refractivity contribution in [2.75, 3.05) is 13.2 Å². The van der Waals surface area contributed by atoms with E-state index in [1.54, 1.807) is 0 Å². The third kappa shape index (κ3) is 7.63. The van der Waals surface area contributed by atoms with Gasteiger partial charge in [-0.25, -0.2) is 0 Å². The van der Waals surface area contributed by atoms with Crippen LogP contribution < -0.4 is 0 Å². The van der Waals surface area contributed by atoms with E-state index in [4.69, 9.17) is 5.11 Å². The minimum absolute atomic E-state index is 0.245. The zero-order valence-electron chi connectivity index (χ0n) is 6.17. The first-order valence-corrected chi connectivity index (χ1v) is 3.38. The molecule has 0 bridgehead atoms. The van der Waals surface area contributed by atoms with E-state index < -0.39 is 0 Å². The Labute approximate surface area is 56.6 Å². The molecule has 2 heteroatoms. The molecule has 0 aliphatic carbocycles. The van der Waals surface area contributed by atoms with Gasteiger partial charge in [0.05, 0.1) is 0 Å². The van der Waals surface area contributed by atoms with Crippen molar-refractivity contribution in [3.63, 3.8) is 0 Å². The minimum Gasteiger partial charge on any atom is -0.396 e. The molecule has 0 radical (unpaired) electrons. The van der Waals surface area contributed by atoms with Gasteiger partial charge in [0.1, 0.15) is 0 Å². The van der Waals surface area contributed by atoms with E-state index in [9.17, 15) is 0 Å². The predicted molar refractivity (Wildman–Crippen MR) is 39.9 cm³/mol. The van der Waals surface area contributed by atoms with Crippen LogP contribution in [0.25, 0.3) is 0 Å². The average molecular weight is 129 g/mol. The summed E-state index contributed by atoms with van der Waals surface area (Å²) in [4.78, 5) is 4.08. The maximum atomic E-state index is 8.36. The highest BCUT2D eigenvalue weighted by atomic mass is 16.2. The SMILES string of the molecule is CC(C)C=NCCCO. The number of aliphatic hydroxyl groups is 1. The van der Waals surface area contributed by atoms with Crippen LogP contribution in [0, 0.1) is 5.92 Å². The number of hydrogen-bond acceptors (Lipinski definition) is 2. The molecule has 0 spiro atoms. The molecule has 0 heterocycles. The molecule has 0 aliphatic rings. The zero-order chi connectivity index (χ0) is 7.11. The third-order valence-corrected chi connectivity index (χ3v) is 0.849. The Balaban J connectivity index is 3.04. The Bertz CT molecular complexity index is 79.0. The second kappa shape index (κ2) is 5.76. The highest BCUT2D eigenvalue weighted by Gasteiger charge is 1.83. The molecule has 0 saturated heterocycles. The Morgan fingerprint density at radius 1 is 1.56 bits per heavy atom. The van der Waals surface area contributed by atoms with E-state index >= 15 is 0 Å². The molecule has 0 aliphatic heterocycles. The summed E-state index contributed by atoms with van der Waals surface area (Å²) in [6.45, 7) is 5.18. The Hall–Kier alpha value is -0.370. The quantitative estimate of drug-likeness (QED) is 0.447. The molecule has 0 fully saturated rings. The summed E-state index contributed by atoms with van der Waals surface area (Å²) in [6.07, 6.45) is 2.69. The highest BCUT2D eigenvalue weighted by molar-refractivity contribution is 5.59. The Morgan fingerprint density at radius 3 is 2.67 bits per heavy atom. The van der Waals surface area contributed by atoms with Gasteiger partial charge in [-0.3, -0.25) is 4.99 Å². The molecule has 0 saturated carbocycles. The van der Waals surface area contributed by atoms with Crippen LogP contribution in [0.3, 0.4) is 0 Å². The summed E-state index contributed by atoms with van der Waals surface area (Å²) >= 11 is 0. The third-order valence-electron chi connectivity index (χ3n) is 0.849. The fourth-order valence-corrected chi connectivity index (χ4v) is 0.447. The first kappa shape index (κ1) is 8.63. The van der Waals surface area contributed by atoms with E-state index in [2.05, 4.69) is 18.8 Å². The molecule has 1 N–H and O–H groups in total. The lowest BCUT2D eigenvalue weighted by molar-refractivity contribution is 0.291. The van der Waals surface area contributed by atoms with Crippen molar-refractivity contribution in [1.29, 1.82) is 0 Å². The van der Waals surface area contributed by atoms with Crippen LogP contribution in [-0.4, -0.2) is 24.5 Å². The fraction of sp³-hybridized carbons (Fsp3) is 0.857. The van der Waals surface area contributed by atoms with E-state index in [1.165, 1.54) is 0 Å². The van der Waals surface area contributed by atoms with Crippen molar-refractivity contribution in [3.05, 3.63) is 0 Å². The monoisotopic (exact) mass is 129 g/mol. The summed E-state index contributed by atoms with van der Waals surface area (Å²) in [5.74, 6) is 0.531. The molecule has 0 rings (SSSR count). The lowest BCUT2D eigenvalue weighted by Gasteiger charge is -1.92. The summed E-state index contributed by atoms with van der Waals surface area (Å²) in [6, 6.07) is 0. The molecule has 54 valence electrons. The second-order valence-corrected chi connectivity index (χ2v) is 2.38. The molecule has 0 aromatic carbocycles. The normalized spacial score (nSPS) is 11.6. The van der Waals surface area contributed by atoms with Gasteiger partial charge in [0.2, 0.25) is 0 Å². The van der Waals surface area contributed by atoms with Crippen LogP contribution in [0.1, 0.15) is 20.3 Å². The van der Waals surface area contributed by atoms with Gasteiger partial charge in [0.25, 0.3) is 0 Å². The molecule has 0 aromatic rings. The van der Waals surface area contributed by atoms with Crippen molar-refractivity contribution >= 4 is 6.21 Å². The number of hydrogen-bond donors (Lipinski definition) is 1. The second-order valence-electron chi connectivity index (χ2n) is 2.38.